The lowest BCUT2D eigenvalue weighted by Crippen LogP contribution is -2.34. The second kappa shape index (κ2) is 9.27. The quantitative estimate of drug-likeness (QED) is 0.489. The third-order valence-electron chi connectivity index (χ3n) is 3.97. The van der Waals surface area contributed by atoms with Gasteiger partial charge in [0.05, 0.1) is 19.4 Å². The van der Waals surface area contributed by atoms with Crippen LogP contribution in [-0.2, 0) is 4.79 Å². The van der Waals surface area contributed by atoms with Crippen LogP contribution in [0.25, 0.3) is 10.8 Å². The number of carbonyl (C=O) groups excluding carboxylic acids is 2. The molecule has 28 heavy (non-hydrogen) atoms. The Labute approximate surface area is 162 Å². The number of aromatic nitrogens is 1. The smallest absolute Gasteiger partial charge is 0.259 e. The van der Waals surface area contributed by atoms with E-state index in [0.717, 1.165) is 16.3 Å². The SMILES string of the molecule is CCOc1ccc2ccccc2c1C=NNC(=O)CNC(=O)c1ccncc1. The van der Waals surface area contributed by atoms with Gasteiger partial charge in [0.25, 0.3) is 11.8 Å². The number of carbonyl (C=O) groups is 2. The van der Waals surface area contributed by atoms with Crippen LogP contribution in [0.1, 0.15) is 22.8 Å². The molecule has 0 unspecified atom stereocenters. The summed E-state index contributed by atoms with van der Waals surface area (Å²) >= 11 is 0. The molecular weight excluding hydrogens is 356 g/mol. The van der Waals surface area contributed by atoms with Crippen LogP contribution in [0.4, 0.5) is 0 Å². The van der Waals surface area contributed by atoms with Crippen molar-refractivity contribution in [2.75, 3.05) is 13.2 Å². The van der Waals surface area contributed by atoms with Crippen molar-refractivity contribution in [2.45, 2.75) is 6.92 Å². The summed E-state index contributed by atoms with van der Waals surface area (Å²) in [7, 11) is 0. The van der Waals surface area contributed by atoms with Gasteiger partial charge in [-0.15, -0.1) is 0 Å². The van der Waals surface area contributed by atoms with Gasteiger partial charge in [-0.3, -0.25) is 14.6 Å². The molecule has 0 aliphatic heterocycles. The third kappa shape index (κ3) is 4.70. The van der Waals surface area contributed by atoms with Crippen LogP contribution in [0.3, 0.4) is 0 Å². The van der Waals surface area contributed by atoms with Gasteiger partial charge >= 0.3 is 0 Å². The van der Waals surface area contributed by atoms with E-state index in [2.05, 4.69) is 20.8 Å². The van der Waals surface area contributed by atoms with Gasteiger partial charge in [-0.2, -0.15) is 5.10 Å². The summed E-state index contributed by atoms with van der Waals surface area (Å²) in [6.07, 6.45) is 4.58. The molecule has 0 spiro atoms. The molecule has 3 rings (SSSR count). The molecule has 2 N–H and O–H groups in total. The van der Waals surface area contributed by atoms with E-state index in [-0.39, 0.29) is 12.5 Å². The predicted octanol–water partition coefficient (Wildman–Crippen LogP) is 2.51. The van der Waals surface area contributed by atoms with Gasteiger partial charge in [0.15, 0.2) is 0 Å². The summed E-state index contributed by atoms with van der Waals surface area (Å²) in [5.74, 6) is -0.101. The molecule has 0 fully saturated rings. The Morgan fingerprint density at radius 2 is 1.89 bits per heavy atom. The van der Waals surface area contributed by atoms with Crippen molar-refractivity contribution in [3.63, 3.8) is 0 Å². The van der Waals surface area contributed by atoms with E-state index in [1.807, 2.05) is 43.3 Å². The van der Waals surface area contributed by atoms with E-state index in [1.54, 1.807) is 18.3 Å². The zero-order chi connectivity index (χ0) is 19.8. The molecular formula is C21H20N4O3. The number of nitrogens with zero attached hydrogens (tertiary/aromatic N) is 2. The maximum Gasteiger partial charge on any atom is 0.259 e. The topological polar surface area (TPSA) is 92.7 Å². The summed E-state index contributed by atoms with van der Waals surface area (Å²) in [6, 6.07) is 14.8. The number of rotatable bonds is 7. The van der Waals surface area contributed by atoms with Crippen molar-refractivity contribution in [1.82, 2.24) is 15.7 Å². The fraction of sp³-hybridized carbons (Fsp3) is 0.143. The van der Waals surface area contributed by atoms with Gasteiger partial charge in [0.1, 0.15) is 5.75 Å². The highest BCUT2D eigenvalue weighted by Crippen LogP contribution is 2.26. The monoisotopic (exact) mass is 376 g/mol. The number of hydrazone groups is 1. The highest BCUT2D eigenvalue weighted by atomic mass is 16.5. The number of pyridine rings is 1. The first kappa shape index (κ1) is 19.0. The van der Waals surface area contributed by atoms with Gasteiger partial charge in [-0.05, 0) is 35.9 Å². The Kier molecular flexibility index (Phi) is 6.30. The fourth-order valence-electron chi connectivity index (χ4n) is 2.66. The van der Waals surface area contributed by atoms with Crippen molar-refractivity contribution >= 4 is 28.8 Å². The molecule has 0 aliphatic rings. The van der Waals surface area contributed by atoms with E-state index >= 15 is 0 Å². The van der Waals surface area contributed by atoms with E-state index in [9.17, 15) is 9.59 Å². The zero-order valence-corrected chi connectivity index (χ0v) is 15.4. The van der Waals surface area contributed by atoms with Crippen LogP contribution in [0.2, 0.25) is 0 Å². The standard InChI is InChI=1S/C21H20N4O3/c1-2-28-19-8-7-15-5-3-4-6-17(15)18(19)13-24-25-20(26)14-23-21(27)16-9-11-22-12-10-16/h3-13H,2,14H2,1H3,(H,23,27)(H,25,26). The largest absolute Gasteiger partial charge is 0.493 e. The first-order valence-electron chi connectivity index (χ1n) is 8.83. The normalized spacial score (nSPS) is 10.8. The number of hydrogen-bond acceptors (Lipinski definition) is 5. The molecule has 0 bridgehead atoms. The van der Waals surface area contributed by atoms with E-state index in [0.29, 0.717) is 17.9 Å². The lowest BCUT2D eigenvalue weighted by atomic mass is 10.0. The molecule has 3 aromatic rings. The Morgan fingerprint density at radius 3 is 2.68 bits per heavy atom. The molecule has 0 atom stereocenters. The molecule has 0 radical (unpaired) electrons. The van der Waals surface area contributed by atoms with Crippen LogP contribution >= 0.6 is 0 Å². The minimum atomic E-state index is -0.433. The van der Waals surface area contributed by atoms with E-state index < -0.39 is 5.91 Å². The van der Waals surface area contributed by atoms with Crippen molar-refractivity contribution in [3.05, 3.63) is 72.1 Å². The fourth-order valence-corrected chi connectivity index (χ4v) is 2.66. The molecule has 0 saturated carbocycles. The number of fused-ring (bicyclic) bond motifs is 1. The van der Waals surface area contributed by atoms with Crippen LogP contribution in [-0.4, -0.2) is 36.2 Å². The Morgan fingerprint density at radius 1 is 1.11 bits per heavy atom. The van der Waals surface area contributed by atoms with E-state index in [4.69, 9.17) is 4.74 Å². The Balaban J connectivity index is 1.64. The molecule has 1 aromatic heterocycles. The molecule has 0 saturated heterocycles. The van der Waals surface area contributed by atoms with Gasteiger partial charge < -0.3 is 10.1 Å². The van der Waals surface area contributed by atoms with Crippen LogP contribution in [0.15, 0.2) is 66.0 Å². The third-order valence-corrected chi connectivity index (χ3v) is 3.97. The van der Waals surface area contributed by atoms with Crippen molar-refractivity contribution in [1.29, 1.82) is 0 Å². The van der Waals surface area contributed by atoms with Gasteiger partial charge in [0, 0.05) is 23.5 Å². The Bertz CT molecular complexity index is 1000. The maximum absolute atomic E-state index is 12.0. The summed E-state index contributed by atoms with van der Waals surface area (Å²) in [6.45, 7) is 2.24. The van der Waals surface area contributed by atoms with Crippen LogP contribution < -0.4 is 15.5 Å². The molecule has 142 valence electrons. The molecule has 2 amide bonds. The van der Waals surface area contributed by atoms with Gasteiger partial charge in [-0.25, -0.2) is 5.43 Å². The van der Waals surface area contributed by atoms with Crippen molar-refractivity contribution in [3.8, 4) is 5.75 Å². The first-order valence-corrected chi connectivity index (χ1v) is 8.83. The second-order valence-electron chi connectivity index (χ2n) is 5.84. The highest BCUT2D eigenvalue weighted by molar-refractivity contribution is 6.03. The summed E-state index contributed by atoms with van der Waals surface area (Å²) in [5, 5.41) is 8.57. The van der Waals surface area contributed by atoms with Crippen LogP contribution in [0, 0.1) is 0 Å². The van der Waals surface area contributed by atoms with Crippen molar-refractivity contribution in [2.24, 2.45) is 5.10 Å². The molecule has 0 aliphatic carbocycles. The van der Waals surface area contributed by atoms with Crippen LogP contribution in [0.5, 0.6) is 5.75 Å². The van der Waals surface area contributed by atoms with Gasteiger partial charge in [0.2, 0.25) is 0 Å². The minimum Gasteiger partial charge on any atom is -0.493 e. The molecule has 1 heterocycles. The number of amides is 2. The van der Waals surface area contributed by atoms with E-state index in [1.165, 1.54) is 12.4 Å². The lowest BCUT2D eigenvalue weighted by molar-refractivity contribution is -0.120. The average molecular weight is 376 g/mol. The number of nitrogens with one attached hydrogen (secondary N) is 2. The number of benzene rings is 2. The zero-order valence-electron chi connectivity index (χ0n) is 15.4. The second-order valence-corrected chi connectivity index (χ2v) is 5.84. The number of hydrogen-bond donors (Lipinski definition) is 2. The summed E-state index contributed by atoms with van der Waals surface area (Å²) < 4.78 is 5.66. The average Bonchev–Trinajstić information content (AvgIpc) is 2.74. The molecule has 2 aromatic carbocycles. The highest BCUT2D eigenvalue weighted by Gasteiger charge is 2.08. The minimum absolute atomic E-state index is 0.188. The summed E-state index contributed by atoms with van der Waals surface area (Å²) in [5.41, 5.74) is 3.63. The lowest BCUT2D eigenvalue weighted by Gasteiger charge is -2.10. The molecule has 7 nitrogen and oxygen atoms in total. The first-order chi connectivity index (χ1) is 13.7. The predicted molar refractivity (Wildman–Crippen MR) is 107 cm³/mol. The van der Waals surface area contributed by atoms with Gasteiger partial charge in [-0.1, -0.05) is 30.3 Å². The van der Waals surface area contributed by atoms with Crippen molar-refractivity contribution < 1.29 is 14.3 Å². The molecule has 7 heteroatoms. The summed E-state index contributed by atoms with van der Waals surface area (Å²) in [4.78, 5) is 27.7. The number of ether oxygens (including phenoxy) is 1. The maximum atomic E-state index is 12.0. The Hall–Kier alpha value is -3.74.